The number of aryl methyl sites for hydroxylation is 1. The molecule has 0 saturated heterocycles. The first-order valence-electron chi connectivity index (χ1n) is 4.62. The fourth-order valence-corrected chi connectivity index (χ4v) is 1.04. The minimum atomic E-state index is -3.08. The van der Waals surface area contributed by atoms with Crippen LogP contribution in [0, 0.1) is 0 Å². The van der Waals surface area contributed by atoms with Crippen LogP contribution in [0.5, 0.6) is 0 Å². The molecule has 5 nitrogen and oxygen atoms in total. The first-order chi connectivity index (χ1) is 7.54. The van der Waals surface area contributed by atoms with Crippen LogP contribution >= 0.6 is 0 Å². The summed E-state index contributed by atoms with van der Waals surface area (Å²) in [5, 5.41) is 0.450. The Kier molecular flexibility index (Phi) is 4.24. The summed E-state index contributed by atoms with van der Waals surface area (Å²) in [5.41, 5.74) is 0. The van der Waals surface area contributed by atoms with Gasteiger partial charge in [0.15, 0.2) is 5.82 Å². The molecule has 0 saturated carbocycles. The minimum absolute atomic E-state index is 0.000324. The zero-order valence-corrected chi connectivity index (χ0v) is 8.85. The van der Waals surface area contributed by atoms with E-state index in [1.807, 2.05) is 6.92 Å². The normalized spacial score (nSPS) is 10.6. The number of anilines is 1. The number of carbonyl (C=O) groups excluding carboxylic acids is 1. The third kappa shape index (κ3) is 3.20. The Morgan fingerprint density at radius 1 is 1.62 bits per heavy atom. The van der Waals surface area contributed by atoms with Gasteiger partial charge in [-0.15, -0.1) is 0 Å². The highest BCUT2D eigenvalue weighted by molar-refractivity contribution is 5.88. The molecule has 0 radical (unpaired) electrons. The zero-order valence-electron chi connectivity index (χ0n) is 8.85. The number of carbonyl (C=O) groups is 1. The Bertz CT molecular complexity index is 374. The number of nitrogens with zero attached hydrogens (tertiary/aromatic N) is 3. The Hall–Kier alpha value is -1.63. The molecule has 0 bridgehead atoms. The molecule has 88 valence electrons. The number of hydrogen-bond donors (Lipinski definition) is 0. The van der Waals surface area contributed by atoms with Gasteiger partial charge >= 0.3 is 6.61 Å². The lowest BCUT2D eigenvalue weighted by Gasteiger charge is -2.18. The van der Waals surface area contributed by atoms with Crippen molar-refractivity contribution in [1.82, 2.24) is 9.97 Å². The zero-order chi connectivity index (χ0) is 12.1. The van der Waals surface area contributed by atoms with Crippen molar-refractivity contribution in [2.75, 3.05) is 5.06 Å². The number of rotatable bonds is 4. The molecular weight excluding hydrogens is 220 g/mol. The second-order valence-corrected chi connectivity index (χ2v) is 2.86. The minimum Gasteiger partial charge on any atom is -0.272 e. The second-order valence-electron chi connectivity index (χ2n) is 2.86. The lowest BCUT2D eigenvalue weighted by Crippen LogP contribution is -2.31. The molecule has 0 fully saturated rings. The van der Waals surface area contributed by atoms with Crippen molar-refractivity contribution in [2.24, 2.45) is 0 Å². The molecule has 1 aromatic rings. The van der Waals surface area contributed by atoms with E-state index < -0.39 is 12.5 Å². The van der Waals surface area contributed by atoms with Crippen LogP contribution in [0.4, 0.5) is 14.6 Å². The third-order valence-electron chi connectivity index (χ3n) is 1.69. The molecule has 1 heterocycles. The largest absolute Gasteiger partial charge is 0.365 e. The summed E-state index contributed by atoms with van der Waals surface area (Å²) in [4.78, 5) is 22.9. The number of halogens is 2. The standard InChI is InChI=1S/C9H11F2N3O2/c1-3-7-12-5-4-8(13-7)14(6(2)15)16-9(10)11/h4-5,9H,3H2,1-2H3. The Balaban J connectivity index is 2.96. The van der Waals surface area contributed by atoms with Gasteiger partial charge in [-0.1, -0.05) is 6.92 Å². The van der Waals surface area contributed by atoms with Gasteiger partial charge in [0.2, 0.25) is 5.91 Å². The molecule has 0 N–H and O–H groups in total. The highest BCUT2D eigenvalue weighted by Gasteiger charge is 2.19. The molecule has 0 atom stereocenters. The summed E-state index contributed by atoms with van der Waals surface area (Å²) in [6.07, 6.45) is 1.92. The van der Waals surface area contributed by atoms with Gasteiger partial charge in [0.05, 0.1) is 0 Å². The van der Waals surface area contributed by atoms with Crippen LogP contribution in [-0.4, -0.2) is 22.5 Å². The van der Waals surface area contributed by atoms with Gasteiger partial charge in [0.1, 0.15) is 5.82 Å². The van der Waals surface area contributed by atoms with E-state index in [0.717, 1.165) is 6.92 Å². The van der Waals surface area contributed by atoms with Gasteiger partial charge in [-0.25, -0.2) is 9.97 Å². The smallest absolute Gasteiger partial charge is 0.272 e. The summed E-state index contributed by atoms with van der Waals surface area (Å²) >= 11 is 0. The summed E-state index contributed by atoms with van der Waals surface area (Å²) in [6.45, 7) is -0.162. The van der Waals surface area contributed by atoms with E-state index in [2.05, 4.69) is 14.8 Å². The van der Waals surface area contributed by atoms with Gasteiger partial charge in [0, 0.05) is 25.6 Å². The summed E-state index contributed by atoms with van der Waals surface area (Å²) in [6, 6.07) is 1.32. The van der Waals surface area contributed by atoms with Gasteiger partial charge in [0.25, 0.3) is 0 Å². The van der Waals surface area contributed by atoms with E-state index in [1.165, 1.54) is 12.3 Å². The maximum atomic E-state index is 12.1. The molecule has 0 aliphatic rings. The van der Waals surface area contributed by atoms with Gasteiger partial charge < -0.3 is 0 Å². The quantitative estimate of drug-likeness (QED) is 0.737. The number of hydroxylamine groups is 1. The predicted molar refractivity (Wildman–Crippen MR) is 51.7 cm³/mol. The first kappa shape index (κ1) is 12.4. The maximum absolute atomic E-state index is 12.1. The molecule has 0 spiro atoms. The van der Waals surface area contributed by atoms with Crippen LogP contribution in [-0.2, 0) is 16.1 Å². The molecule has 0 aliphatic carbocycles. The average molecular weight is 231 g/mol. The van der Waals surface area contributed by atoms with Crippen LogP contribution in [0.2, 0.25) is 0 Å². The Morgan fingerprint density at radius 3 is 2.81 bits per heavy atom. The van der Waals surface area contributed by atoms with Gasteiger partial charge in [-0.3, -0.25) is 4.79 Å². The second kappa shape index (κ2) is 5.45. The van der Waals surface area contributed by atoms with Crippen molar-refractivity contribution in [3.8, 4) is 0 Å². The van der Waals surface area contributed by atoms with Crippen LogP contribution in [0.15, 0.2) is 12.3 Å². The Morgan fingerprint density at radius 2 is 2.31 bits per heavy atom. The van der Waals surface area contributed by atoms with Crippen molar-refractivity contribution in [2.45, 2.75) is 26.9 Å². The summed E-state index contributed by atoms with van der Waals surface area (Å²) in [5.74, 6) is -0.234. The van der Waals surface area contributed by atoms with Gasteiger partial charge in [-0.2, -0.15) is 18.7 Å². The summed E-state index contributed by atoms with van der Waals surface area (Å²) in [7, 11) is 0. The molecular formula is C9H11F2N3O2. The third-order valence-corrected chi connectivity index (χ3v) is 1.69. The number of alkyl halides is 2. The van der Waals surface area contributed by atoms with Crippen molar-refractivity contribution in [1.29, 1.82) is 0 Å². The van der Waals surface area contributed by atoms with Crippen molar-refractivity contribution >= 4 is 11.7 Å². The fraction of sp³-hybridized carbons (Fsp3) is 0.444. The number of aromatic nitrogens is 2. The highest BCUT2D eigenvalue weighted by Crippen LogP contribution is 2.13. The molecule has 16 heavy (non-hydrogen) atoms. The van der Waals surface area contributed by atoms with Crippen LogP contribution in [0.3, 0.4) is 0 Å². The van der Waals surface area contributed by atoms with E-state index in [4.69, 9.17) is 0 Å². The molecule has 7 heteroatoms. The van der Waals surface area contributed by atoms with E-state index in [1.54, 1.807) is 0 Å². The lowest BCUT2D eigenvalue weighted by atomic mass is 10.4. The first-order valence-corrected chi connectivity index (χ1v) is 4.62. The van der Waals surface area contributed by atoms with E-state index in [9.17, 15) is 13.6 Å². The average Bonchev–Trinajstić information content (AvgIpc) is 2.25. The van der Waals surface area contributed by atoms with E-state index >= 15 is 0 Å². The topological polar surface area (TPSA) is 55.3 Å². The molecule has 0 aromatic carbocycles. The monoisotopic (exact) mass is 231 g/mol. The SMILES string of the molecule is CCc1nccc(N(OC(F)F)C(C)=O)n1. The molecule has 1 rings (SSSR count). The summed E-state index contributed by atoms with van der Waals surface area (Å²) < 4.78 is 24.1. The molecule has 1 aromatic heterocycles. The Labute approximate surface area is 91.0 Å². The lowest BCUT2D eigenvalue weighted by molar-refractivity contribution is -0.157. The van der Waals surface area contributed by atoms with Crippen molar-refractivity contribution < 1.29 is 18.4 Å². The molecule has 0 aliphatic heterocycles. The van der Waals surface area contributed by atoms with E-state index in [-0.39, 0.29) is 5.82 Å². The predicted octanol–water partition coefficient (Wildman–Crippen LogP) is 1.55. The van der Waals surface area contributed by atoms with Crippen LogP contribution in [0.1, 0.15) is 19.7 Å². The molecule has 1 amide bonds. The highest BCUT2D eigenvalue weighted by atomic mass is 19.3. The maximum Gasteiger partial charge on any atom is 0.365 e. The van der Waals surface area contributed by atoms with Crippen LogP contribution in [0.25, 0.3) is 0 Å². The molecule has 0 unspecified atom stereocenters. The van der Waals surface area contributed by atoms with Gasteiger partial charge in [-0.05, 0) is 0 Å². The van der Waals surface area contributed by atoms with Crippen molar-refractivity contribution in [3.63, 3.8) is 0 Å². The fourth-order valence-electron chi connectivity index (χ4n) is 1.04. The number of hydrogen-bond acceptors (Lipinski definition) is 4. The van der Waals surface area contributed by atoms with Crippen LogP contribution < -0.4 is 5.06 Å². The van der Waals surface area contributed by atoms with Crippen molar-refractivity contribution in [3.05, 3.63) is 18.1 Å². The van der Waals surface area contributed by atoms with E-state index in [0.29, 0.717) is 17.3 Å². The number of amides is 1.